The van der Waals surface area contributed by atoms with Crippen LogP contribution >= 0.6 is 11.3 Å². The molecule has 1 unspecified atom stereocenters. The Labute approximate surface area is 209 Å². The quantitative estimate of drug-likeness (QED) is 0.209. The van der Waals surface area contributed by atoms with Crippen LogP contribution in [0.5, 0.6) is 0 Å². The third-order valence-corrected chi connectivity index (χ3v) is 8.85. The summed E-state index contributed by atoms with van der Waals surface area (Å²) in [4.78, 5) is 13.8. The maximum atomic E-state index is 12.9. The number of benzene rings is 1. The molecule has 3 aromatic heterocycles. The van der Waals surface area contributed by atoms with Gasteiger partial charge in [0, 0.05) is 42.3 Å². The molecule has 7 nitrogen and oxygen atoms in total. The third-order valence-electron chi connectivity index (χ3n) is 5.98. The van der Waals surface area contributed by atoms with Gasteiger partial charge in [-0.1, -0.05) is 50.0 Å². The van der Waals surface area contributed by atoms with Gasteiger partial charge in [0.05, 0.1) is 26.0 Å². The Morgan fingerprint density at radius 3 is 2.86 bits per heavy atom. The van der Waals surface area contributed by atoms with Gasteiger partial charge < -0.3 is 18.6 Å². The van der Waals surface area contributed by atoms with Crippen LogP contribution in [-0.2, 0) is 34.2 Å². The van der Waals surface area contributed by atoms with Crippen molar-refractivity contribution in [3.8, 4) is 10.4 Å². The summed E-state index contributed by atoms with van der Waals surface area (Å²) in [5.41, 5.74) is 2.55. The lowest BCUT2D eigenvalue weighted by Crippen LogP contribution is -2.22. The van der Waals surface area contributed by atoms with E-state index >= 15 is 0 Å². The van der Waals surface area contributed by atoms with Crippen LogP contribution in [-0.4, -0.2) is 31.1 Å². The first-order valence-corrected chi connectivity index (χ1v) is 16.3. The molecule has 0 spiro atoms. The van der Waals surface area contributed by atoms with Gasteiger partial charge in [-0.15, -0.1) is 11.3 Å². The molecule has 1 aliphatic rings. The number of aromatic nitrogens is 2. The fourth-order valence-electron chi connectivity index (χ4n) is 3.99. The molecule has 1 aliphatic heterocycles. The fourth-order valence-corrected chi connectivity index (χ4v) is 5.79. The Morgan fingerprint density at radius 1 is 1.23 bits per heavy atom. The first-order valence-electron chi connectivity index (χ1n) is 11.8. The van der Waals surface area contributed by atoms with E-state index in [1.165, 1.54) is 11.3 Å². The van der Waals surface area contributed by atoms with Crippen molar-refractivity contribution in [1.82, 2.24) is 9.78 Å². The van der Waals surface area contributed by atoms with Crippen molar-refractivity contribution < 1.29 is 18.6 Å². The Bertz CT molecular complexity index is 1360. The van der Waals surface area contributed by atoms with Crippen molar-refractivity contribution in [2.24, 2.45) is 0 Å². The van der Waals surface area contributed by atoms with Crippen molar-refractivity contribution in [2.75, 3.05) is 13.2 Å². The molecule has 0 fully saturated rings. The first kappa shape index (κ1) is 24.1. The van der Waals surface area contributed by atoms with Crippen LogP contribution in [0.15, 0.2) is 58.0 Å². The van der Waals surface area contributed by atoms with E-state index in [-0.39, 0.29) is 5.63 Å². The van der Waals surface area contributed by atoms with E-state index in [2.05, 4.69) is 24.7 Å². The highest BCUT2D eigenvalue weighted by molar-refractivity contribution is 7.22. The minimum Gasteiger partial charge on any atom is -0.424 e. The van der Waals surface area contributed by atoms with E-state index in [0.29, 0.717) is 37.0 Å². The van der Waals surface area contributed by atoms with Crippen LogP contribution < -0.4 is 5.63 Å². The summed E-state index contributed by atoms with van der Waals surface area (Å²) in [7, 11) is -1.12. The highest BCUT2D eigenvalue weighted by Crippen LogP contribution is 2.38. The standard InChI is InChI=1S/C26H30N2O5SSi/c1-35(2,3)10-9-30-17-28-13-19(12-27-28)23-11-20-21-15-31-16-22(24(21)33-26(29)25(20)34-23)32-14-18-7-5-4-6-8-18/h4-8,11-13,22H,9-10,14-17H2,1-3H3. The molecule has 0 saturated carbocycles. The predicted octanol–water partition coefficient (Wildman–Crippen LogP) is 5.82. The normalized spacial score (nSPS) is 16.0. The van der Waals surface area contributed by atoms with E-state index in [0.717, 1.165) is 39.6 Å². The van der Waals surface area contributed by atoms with Crippen LogP contribution in [0.2, 0.25) is 25.7 Å². The molecule has 35 heavy (non-hydrogen) atoms. The predicted molar refractivity (Wildman–Crippen MR) is 139 cm³/mol. The Balaban J connectivity index is 1.35. The fraction of sp³-hybridized carbons (Fsp3) is 0.385. The van der Waals surface area contributed by atoms with Gasteiger partial charge in [0.25, 0.3) is 0 Å². The number of rotatable bonds is 9. The number of nitrogens with zero attached hydrogens (tertiary/aromatic N) is 2. The van der Waals surface area contributed by atoms with Gasteiger partial charge in [-0.2, -0.15) is 5.10 Å². The summed E-state index contributed by atoms with van der Waals surface area (Å²) in [6.45, 7) is 9.34. The molecule has 5 rings (SSSR count). The van der Waals surface area contributed by atoms with E-state index < -0.39 is 14.2 Å². The molecule has 0 saturated heterocycles. The minimum atomic E-state index is -1.12. The second kappa shape index (κ2) is 10.2. The number of thiophene rings is 1. The number of ether oxygens (including phenoxy) is 3. The first-order chi connectivity index (χ1) is 16.9. The summed E-state index contributed by atoms with van der Waals surface area (Å²) < 4.78 is 25.9. The lowest BCUT2D eigenvalue weighted by molar-refractivity contribution is -0.0580. The number of hydrogen-bond donors (Lipinski definition) is 0. The monoisotopic (exact) mass is 510 g/mol. The molecule has 0 amide bonds. The van der Waals surface area contributed by atoms with Crippen LogP contribution in [0.3, 0.4) is 0 Å². The molecule has 1 atom stereocenters. The summed E-state index contributed by atoms with van der Waals surface area (Å²) in [6, 6.07) is 13.1. The van der Waals surface area contributed by atoms with Crippen LogP contribution in [0.4, 0.5) is 0 Å². The third kappa shape index (κ3) is 5.65. The highest BCUT2D eigenvalue weighted by Gasteiger charge is 2.28. The Kier molecular flexibility index (Phi) is 7.04. The van der Waals surface area contributed by atoms with Crippen molar-refractivity contribution in [2.45, 2.75) is 51.7 Å². The van der Waals surface area contributed by atoms with Crippen molar-refractivity contribution in [3.63, 3.8) is 0 Å². The molecule has 0 bridgehead atoms. The molecular weight excluding hydrogens is 480 g/mol. The topological polar surface area (TPSA) is 75.7 Å². The van der Waals surface area contributed by atoms with E-state index in [1.807, 2.05) is 48.8 Å². The largest absolute Gasteiger partial charge is 0.424 e. The summed E-state index contributed by atoms with van der Waals surface area (Å²) in [6.07, 6.45) is 3.34. The maximum Gasteiger partial charge on any atom is 0.354 e. The van der Waals surface area contributed by atoms with Gasteiger partial charge >= 0.3 is 5.63 Å². The molecule has 9 heteroatoms. The Hall–Kier alpha value is -2.56. The van der Waals surface area contributed by atoms with Crippen molar-refractivity contribution in [1.29, 1.82) is 0 Å². The zero-order chi connectivity index (χ0) is 24.4. The van der Waals surface area contributed by atoms with Gasteiger partial charge in [-0.05, 0) is 17.7 Å². The lowest BCUT2D eigenvalue weighted by atomic mass is 10.0. The molecule has 0 aliphatic carbocycles. The van der Waals surface area contributed by atoms with Gasteiger partial charge in [0.15, 0.2) is 0 Å². The smallest absolute Gasteiger partial charge is 0.354 e. The number of fused-ring (bicyclic) bond motifs is 3. The van der Waals surface area contributed by atoms with Crippen LogP contribution in [0.1, 0.15) is 23.0 Å². The van der Waals surface area contributed by atoms with Crippen LogP contribution in [0, 0.1) is 0 Å². The summed E-state index contributed by atoms with van der Waals surface area (Å²) in [5.74, 6) is 0.570. The molecule has 0 radical (unpaired) electrons. The van der Waals surface area contributed by atoms with Gasteiger partial charge in [-0.3, -0.25) is 0 Å². The highest BCUT2D eigenvalue weighted by atomic mass is 32.1. The SMILES string of the molecule is C[Si](C)(C)CCOCn1cc(-c2cc3c4c(oc(=O)c3s2)C(OCc2ccccc2)COC4)cn1. The second-order valence-corrected chi connectivity index (χ2v) is 16.7. The second-order valence-electron chi connectivity index (χ2n) is 10.0. The average molecular weight is 511 g/mol. The lowest BCUT2D eigenvalue weighted by Gasteiger charge is -2.24. The van der Waals surface area contributed by atoms with E-state index in [9.17, 15) is 4.79 Å². The zero-order valence-electron chi connectivity index (χ0n) is 20.3. The molecule has 0 N–H and O–H groups in total. The molecule has 4 aromatic rings. The summed E-state index contributed by atoms with van der Waals surface area (Å²) >= 11 is 1.42. The molecule has 4 heterocycles. The van der Waals surface area contributed by atoms with E-state index in [4.69, 9.17) is 18.6 Å². The zero-order valence-corrected chi connectivity index (χ0v) is 22.1. The van der Waals surface area contributed by atoms with Gasteiger partial charge in [-0.25, -0.2) is 9.48 Å². The Morgan fingerprint density at radius 2 is 2.06 bits per heavy atom. The molecular formula is C26H30N2O5SSi. The molecule has 1 aromatic carbocycles. The van der Waals surface area contributed by atoms with E-state index in [1.54, 1.807) is 4.68 Å². The minimum absolute atomic E-state index is 0.340. The molecule has 184 valence electrons. The van der Waals surface area contributed by atoms with Gasteiger partial charge in [0.2, 0.25) is 0 Å². The average Bonchev–Trinajstić information content (AvgIpc) is 3.49. The maximum absolute atomic E-state index is 12.9. The van der Waals surface area contributed by atoms with Crippen LogP contribution in [0.25, 0.3) is 20.5 Å². The van der Waals surface area contributed by atoms with Gasteiger partial charge in [0.1, 0.15) is 23.3 Å². The summed E-state index contributed by atoms with van der Waals surface area (Å²) in [5, 5.41) is 5.30. The van der Waals surface area contributed by atoms with Crippen molar-refractivity contribution in [3.05, 3.63) is 76.1 Å². The number of hydrogen-bond acceptors (Lipinski definition) is 7. The van der Waals surface area contributed by atoms with Crippen molar-refractivity contribution >= 4 is 29.5 Å².